The van der Waals surface area contributed by atoms with E-state index in [0.29, 0.717) is 10.9 Å². The van der Waals surface area contributed by atoms with E-state index in [1.807, 2.05) is 0 Å². The van der Waals surface area contributed by atoms with Gasteiger partial charge in [-0.15, -0.1) is 11.3 Å². The van der Waals surface area contributed by atoms with Crippen molar-refractivity contribution in [2.24, 2.45) is 5.92 Å². The Morgan fingerprint density at radius 1 is 1.21 bits per heavy atom. The molecule has 0 atom stereocenters. The molecule has 2 rings (SSSR count). The van der Waals surface area contributed by atoms with E-state index >= 15 is 0 Å². The molecule has 0 aromatic carbocycles. The maximum atomic E-state index is 12.1. The van der Waals surface area contributed by atoms with Crippen LogP contribution in [0.5, 0.6) is 0 Å². The Bertz CT molecular complexity index is 462. The summed E-state index contributed by atoms with van der Waals surface area (Å²) in [5.41, 5.74) is 0. The molecule has 1 aliphatic carbocycles. The molecule has 1 heterocycles. The van der Waals surface area contributed by atoms with Crippen LogP contribution in [0.1, 0.15) is 49.2 Å². The summed E-state index contributed by atoms with van der Waals surface area (Å²) in [6.07, 6.45) is 4.51. The topological polar surface area (TPSA) is 58.2 Å². The molecule has 0 saturated heterocycles. The average Bonchev–Trinajstić information content (AvgIpc) is 2.80. The summed E-state index contributed by atoms with van der Waals surface area (Å²) in [6, 6.07) is 3.83. The molecule has 0 radical (unpaired) electrons. The van der Waals surface area contributed by atoms with E-state index in [9.17, 15) is 9.59 Å². The maximum Gasteiger partial charge on any atom is 0.261 e. The van der Waals surface area contributed by atoms with E-state index in [2.05, 4.69) is 17.6 Å². The minimum Gasteiger partial charge on any atom is -0.349 e. The first-order valence-corrected chi connectivity index (χ1v) is 7.54. The zero-order valence-corrected chi connectivity index (χ0v) is 12.2. The van der Waals surface area contributed by atoms with Crippen LogP contribution in [0.4, 0.5) is 5.00 Å². The van der Waals surface area contributed by atoms with E-state index < -0.39 is 0 Å². The Balaban J connectivity index is 1.89. The fraction of sp³-hybridized carbons (Fsp3) is 0.571. The molecule has 1 aromatic rings. The van der Waals surface area contributed by atoms with Gasteiger partial charge in [0.25, 0.3) is 5.91 Å². The number of carbonyl (C=O) groups excluding carboxylic acids is 2. The third-order valence-electron chi connectivity index (χ3n) is 3.48. The van der Waals surface area contributed by atoms with Gasteiger partial charge in [-0.1, -0.05) is 6.92 Å². The summed E-state index contributed by atoms with van der Waals surface area (Å²) in [5.74, 6) is 0.637. The summed E-state index contributed by atoms with van der Waals surface area (Å²) in [6.45, 7) is 3.72. The molecule has 1 aromatic heterocycles. The number of thiophene rings is 1. The summed E-state index contributed by atoms with van der Waals surface area (Å²) in [4.78, 5) is 23.7. The third kappa shape index (κ3) is 4.06. The molecule has 5 heteroatoms. The van der Waals surface area contributed by atoms with Crippen molar-refractivity contribution >= 4 is 28.2 Å². The zero-order chi connectivity index (χ0) is 13.8. The Hall–Kier alpha value is -1.36. The van der Waals surface area contributed by atoms with Gasteiger partial charge in [0.2, 0.25) is 5.91 Å². The average molecular weight is 280 g/mol. The minimum absolute atomic E-state index is 0.0267. The number of rotatable bonds is 3. The molecular weight excluding hydrogens is 260 g/mol. The summed E-state index contributed by atoms with van der Waals surface area (Å²) >= 11 is 1.31. The second-order valence-electron chi connectivity index (χ2n) is 5.28. The number of hydrogen-bond donors (Lipinski definition) is 2. The van der Waals surface area contributed by atoms with Gasteiger partial charge in [0.05, 0.1) is 9.88 Å². The molecule has 1 saturated carbocycles. The molecule has 1 aliphatic rings. The molecule has 2 N–H and O–H groups in total. The van der Waals surface area contributed by atoms with E-state index in [0.717, 1.165) is 23.8 Å². The lowest BCUT2D eigenvalue weighted by atomic mass is 9.87. The number of nitrogens with one attached hydrogen (secondary N) is 2. The van der Waals surface area contributed by atoms with Gasteiger partial charge in [-0.05, 0) is 43.7 Å². The van der Waals surface area contributed by atoms with Crippen LogP contribution in [0.3, 0.4) is 0 Å². The number of amides is 2. The lowest BCUT2D eigenvalue weighted by Crippen LogP contribution is -2.36. The largest absolute Gasteiger partial charge is 0.349 e. The molecule has 2 amide bonds. The van der Waals surface area contributed by atoms with Gasteiger partial charge in [-0.2, -0.15) is 0 Å². The third-order valence-corrected chi connectivity index (χ3v) is 4.48. The van der Waals surface area contributed by atoms with Crippen LogP contribution in [-0.2, 0) is 4.79 Å². The molecule has 4 nitrogen and oxygen atoms in total. The van der Waals surface area contributed by atoms with Crippen molar-refractivity contribution in [1.29, 1.82) is 0 Å². The van der Waals surface area contributed by atoms with E-state index in [1.54, 1.807) is 12.1 Å². The lowest BCUT2D eigenvalue weighted by Gasteiger charge is -2.26. The van der Waals surface area contributed by atoms with Crippen molar-refractivity contribution < 1.29 is 9.59 Å². The smallest absolute Gasteiger partial charge is 0.261 e. The van der Waals surface area contributed by atoms with E-state index in [1.165, 1.54) is 31.1 Å². The normalized spacial score (nSPS) is 22.8. The predicted molar refractivity (Wildman–Crippen MR) is 77.5 cm³/mol. The van der Waals surface area contributed by atoms with Gasteiger partial charge in [0.15, 0.2) is 0 Å². The predicted octanol–water partition coefficient (Wildman–Crippen LogP) is 3.02. The first-order chi connectivity index (χ1) is 9.04. The fourth-order valence-corrected chi connectivity index (χ4v) is 3.22. The highest BCUT2D eigenvalue weighted by Gasteiger charge is 2.20. The van der Waals surface area contributed by atoms with Crippen LogP contribution in [-0.4, -0.2) is 17.9 Å². The fourth-order valence-electron chi connectivity index (χ4n) is 2.36. The Morgan fingerprint density at radius 2 is 1.89 bits per heavy atom. The first-order valence-electron chi connectivity index (χ1n) is 6.73. The molecular formula is C14H20N2O2S. The van der Waals surface area contributed by atoms with Crippen LogP contribution in [0.25, 0.3) is 0 Å². The molecule has 1 fully saturated rings. The van der Waals surface area contributed by atoms with Crippen molar-refractivity contribution in [3.05, 3.63) is 17.0 Å². The molecule has 19 heavy (non-hydrogen) atoms. The van der Waals surface area contributed by atoms with Crippen molar-refractivity contribution in [2.75, 3.05) is 5.32 Å². The van der Waals surface area contributed by atoms with Crippen LogP contribution < -0.4 is 10.6 Å². The number of hydrogen-bond acceptors (Lipinski definition) is 3. The lowest BCUT2D eigenvalue weighted by molar-refractivity contribution is -0.114. The highest BCUT2D eigenvalue weighted by atomic mass is 32.1. The van der Waals surface area contributed by atoms with Crippen molar-refractivity contribution in [2.45, 2.75) is 45.6 Å². The van der Waals surface area contributed by atoms with Gasteiger partial charge in [-0.25, -0.2) is 0 Å². The molecule has 0 bridgehead atoms. The first kappa shape index (κ1) is 14.1. The van der Waals surface area contributed by atoms with E-state index in [-0.39, 0.29) is 11.8 Å². The molecule has 0 aliphatic heterocycles. The van der Waals surface area contributed by atoms with Crippen molar-refractivity contribution in [3.8, 4) is 0 Å². The Kier molecular flexibility index (Phi) is 4.58. The second kappa shape index (κ2) is 6.19. The van der Waals surface area contributed by atoms with Crippen LogP contribution >= 0.6 is 11.3 Å². The second-order valence-corrected chi connectivity index (χ2v) is 6.36. The Labute approximate surface area is 117 Å². The molecule has 0 spiro atoms. The Morgan fingerprint density at radius 3 is 2.53 bits per heavy atom. The SMILES string of the molecule is CC(=O)Nc1ccc(C(=O)NC2CCC(C)CC2)s1. The molecule has 0 unspecified atom stereocenters. The van der Waals surface area contributed by atoms with Crippen LogP contribution in [0, 0.1) is 5.92 Å². The summed E-state index contributed by atoms with van der Waals surface area (Å²) in [7, 11) is 0. The summed E-state index contributed by atoms with van der Waals surface area (Å²) < 4.78 is 0. The standard InChI is InChI=1S/C14H20N2O2S/c1-9-3-5-11(6-4-9)16-14(18)12-7-8-13(19-12)15-10(2)17/h7-9,11H,3-6H2,1-2H3,(H,15,17)(H,16,18). The van der Waals surface area contributed by atoms with Crippen molar-refractivity contribution in [3.63, 3.8) is 0 Å². The van der Waals surface area contributed by atoms with Crippen LogP contribution in [0.15, 0.2) is 12.1 Å². The van der Waals surface area contributed by atoms with E-state index in [4.69, 9.17) is 0 Å². The van der Waals surface area contributed by atoms with Crippen molar-refractivity contribution in [1.82, 2.24) is 5.32 Å². The zero-order valence-electron chi connectivity index (χ0n) is 11.4. The van der Waals surface area contributed by atoms with Gasteiger partial charge in [-0.3, -0.25) is 9.59 Å². The van der Waals surface area contributed by atoms with Gasteiger partial charge >= 0.3 is 0 Å². The number of carbonyl (C=O) groups is 2. The monoisotopic (exact) mass is 280 g/mol. The highest BCUT2D eigenvalue weighted by molar-refractivity contribution is 7.18. The molecule has 104 valence electrons. The highest BCUT2D eigenvalue weighted by Crippen LogP contribution is 2.25. The van der Waals surface area contributed by atoms with Gasteiger partial charge in [0.1, 0.15) is 0 Å². The van der Waals surface area contributed by atoms with Gasteiger partial charge < -0.3 is 10.6 Å². The van der Waals surface area contributed by atoms with Gasteiger partial charge in [0, 0.05) is 13.0 Å². The van der Waals surface area contributed by atoms with Crippen LogP contribution in [0.2, 0.25) is 0 Å². The summed E-state index contributed by atoms with van der Waals surface area (Å²) in [5, 5.41) is 6.49. The quantitative estimate of drug-likeness (QED) is 0.894. The minimum atomic E-state index is -0.116. The number of anilines is 1. The maximum absolute atomic E-state index is 12.1.